The zero-order chi connectivity index (χ0) is 20.8. The van der Waals surface area contributed by atoms with Gasteiger partial charge in [0.25, 0.3) is 5.56 Å². The van der Waals surface area contributed by atoms with Gasteiger partial charge in [-0.3, -0.25) is 9.59 Å². The summed E-state index contributed by atoms with van der Waals surface area (Å²) in [6.07, 6.45) is 0.840. The van der Waals surface area contributed by atoms with Gasteiger partial charge in [0.2, 0.25) is 5.91 Å². The molecular weight excluding hydrogens is 370 g/mol. The molecule has 0 bridgehead atoms. The average Bonchev–Trinajstić information content (AvgIpc) is 2.75. The lowest BCUT2D eigenvalue weighted by molar-refractivity contribution is -0.131. The lowest BCUT2D eigenvalue weighted by Gasteiger charge is -2.21. The van der Waals surface area contributed by atoms with Gasteiger partial charge in [-0.1, -0.05) is 12.1 Å². The lowest BCUT2D eigenvalue weighted by Crippen LogP contribution is -2.32. The molecule has 7 heteroatoms. The summed E-state index contributed by atoms with van der Waals surface area (Å²) in [6, 6.07) is 12.7. The summed E-state index contributed by atoms with van der Waals surface area (Å²) in [5.74, 6) is 1.90. The summed E-state index contributed by atoms with van der Waals surface area (Å²) in [4.78, 5) is 34.0. The highest BCUT2D eigenvalue weighted by Crippen LogP contribution is 2.25. The minimum absolute atomic E-state index is 0.0202. The summed E-state index contributed by atoms with van der Waals surface area (Å²) in [5, 5.41) is 0.538. The molecule has 2 aromatic carbocycles. The Balaban J connectivity index is 1.72. The molecule has 0 fully saturated rings. The number of fused-ring (bicyclic) bond motifs is 1. The minimum atomic E-state index is -0.199. The van der Waals surface area contributed by atoms with Gasteiger partial charge in [-0.15, -0.1) is 0 Å². The summed E-state index contributed by atoms with van der Waals surface area (Å²) >= 11 is 0. The molecule has 0 aliphatic carbocycles. The molecular formula is C22H25N3O4. The van der Waals surface area contributed by atoms with Crippen LogP contribution < -0.4 is 15.0 Å². The van der Waals surface area contributed by atoms with Gasteiger partial charge in [-0.2, -0.15) is 0 Å². The van der Waals surface area contributed by atoms with Crippen LogP contribution in [0.15, 0.2) is 47.3 Å². The van der Waals surface area contributed by atoms with Crippen LogP contribution in [-0.2, 0) is 17.8 Å². The van der Waals surface area contributed by atoms with Gasteiger partial charge < -0.3 is 19.4 Å². The minimum Gasteiger partial charge on any atom is -0.497 e. The van der Waals surface area contributed by atoms with Crippen molar-refractivity contribution in [2.45, 2.75) is 26.3 Å². The van der Waals surface area contributed by atoms with Crippen molar-refractivity contribution in [1.29, 1.82) is 0 Å². The van der Waals surface area contributed by atoms with Crippen molar-refractivity contribution in [1.82, 2.24) is 14.9 Å². The monoisotopic (exact) mass is 395 g/mol. The number of aromatic amines is 1. The van der Waals surface area contributed by atoms with Gasteiger partial charge in [-0.25, -0.2) is 4.98 Å². The Morgan fingerprint density at radius 1 is 1.14 bits per heavy atom. The van der Waals surface area contributed by atoms with Crippen LogP contribution in [-0.4, -0.2) is 41.5 Å². The maximum absolute atomic E-state index is 12.8. The van der Waals surface area contributed by atoms with Crippen LogP contribution in [0.3, 0.4) is 0 Å². The largest absolute Gasteiger partial charge is 0.497 e. The van der Waals surface area contributed by atoms with Gasteiger partial charge in [0, 0.05) is 13.0 Å². The first-order valence-corrected chi connectivity index (χ1v) is 9.52. The number of carbonyl (C=O) groups is 1. The molecule has 1 N–H and O–H groups in total. The first-order valence-electron chi connectivity index (χ1n) is 9.52. The van der Waals surface area contributed by atoms with Gasteiger partial charge in [0.15, 0.2) is 0 Å². The van der Waals surface area contributed by atoms with E-state index in [4.69, 9.17) is 9.47 Å². The predicted molar refractivity (Wildman–Crippen MR) is 111 cm³/mol. The topological polar surface area (TPSA) is 84.5 Å². The highest BCUT2D eigenvalue weighted by molar-refractivity contribution is 5.78. The van der Waals surface area contributed by atoms with Crippen LogP contribution in [0.4, 0.5) is 0 Å². The summed E-state index contributed by atoms with van der Waals surface area (Å²) in [7, 11) is 3.21. The Morgan fingerprint density at radius 2 is 1.93 bits per heavy atom. The third kappa shape index (κ3) is 4.74. The van der Waals surface area contributed by atoms with Crippen molar-refractivity contribution in [3.8, 4) is 11.5 Å². The smallest absolute Gasteiger partial charge is 0.258 e. The van der Waals surface area contributed by atoms with E-state index >= 15 is 0 Å². The zero-order valence-electron chi connectivity index (χ0n) is 16.9. The zero-order valence-corrected chi connectivity index (χ0v) is 16.9. The van der Waals surface area contributed by atoms with Gasteiger partial charge in [0.1, 0.15) is 17.3 Å². The standard InChI is InChI=1S/C22H25N3O4/c1-4-25(14-20-23-18-8-6-5-7-17(18)22(27)24-20)21(26)12-9-15-13-16(28-2)10-11-19(15)29-3/h5-8,10-11,13H,4,9,12,14H2,1-3H3,(H,23,24,27). The number of amides is 1. The molecule has 0 spiro atoms. The highest BCUT2D eigenvalue weighted by Gasteiger charge is 2.16. The third-order valence-electron chi connectivity index (χ3n) is 4.83. The molecule has 0 saturated heterocycles. The molecule has 29 heavy (non-hydrogen) atoms. The maximum atomic E-state index is 12.8. The van der Waals surface area contributed by atoms with E-state index in [0.717, 1.165) is 17.1 Å². The number of hydrogen-bond acceptors (Lipinski definition) is 5. The van der Waals surface area contributed by atoms with Gasteiger partial charge in [-0.05, 0) is 49.2 Å². The summed E-state index contributed by atoms with van der Waals surface area (Å²) < 4.78 is 10.6. The van der Waals surface area contributed by atoms with E-state index < -0.39 is 0 Å². The third-order valence-corrected chi connectivity index (χ3v) is 4.83. The number of ether oxygens (including phenoxy) is 2. The Labute approximate surface area is 169 Å². The van der Waals surface area contributed by atoms with Crippen LogP contribution in [0.25, 0.3) is 10.9 Å². The van der Waals surface area contributed by atoms with Crippen LogP contribution in [0.5, 0.6) is 11.5 Å². The number of aromatic nitrogens is 2. The molecule has 0 aliphatic heterocycles. The number of methoxy groups -OCH3 is 2. The summed E-state index contributed by atoms with van der Waals surface area (Å²) in [5.41, 5.74) is 1.33. The first kappa shape index (κ1) is 20.4. The Hall–Kier alpha value is -3.35. The van der Waals surface area contributed by atoms with Crippen LogP contribution in [0.1, 0.15) is 24.7 Å². The molecule has 0 radical (unpaired) electrons. The number of rotatable bonds is 8. The van der Waals surface area contributed by atoms with Crippen LogP contribution >= 0.6 is 0 Å². The number of carbonyl (C=O) groups excluding carboxylic acids is 1. The molecule has 152 valence electrons. The van der Waals surface area contributed by atoms with E-state index in [0.29, 0.717) is 36.1 Å². The fourth-order valence-electron chi connectivity index (χ4n) is 3.24. The van der Waals surface area contributed by atoms with E-state index in [2.05, 4.69) is 9.97 Å². The Morgan fingerprint density at radius 3 is 2.66 bits per heavy atom. The molecule has 1 aromatic heterocycles. The van der Waals surface area contributed by atoms with E-state index in [1.165, 1.54) is 0 Å². The van der Waals surface area contributed by atoms with E-state index in [1.807, 2.05) is 31.2 Å². The van der Waals surface area contributed by atoms with E-state index in [1.54, 1.807) is 37.3 Å². The van der Waals surface area contributed by atoms with Crippen LogP contribution in [0.2, 0.25) is 0 Å². The van der Waals surface area contributed by atoms with E-state index in [-0.39, 0.29) is 18.0 Å². The summed E-state index contributed by atoms with van der Waals surface area (Å²) in [6.45, 7) is 2.68. The second-order valence-corrected chi connectivity index (χ2v) is 6.62. The highest BCUT2D eigenvalue weighted by atomic mass is 16.5. The Kier molecular flexibility index (Phi) is 6.49. The quantitative estimate of drug-likeness (QED) is 0.634. The molecule has 7 nitrogen and oxygen atoms in total. The van der Waals surface area contributed by atoms with Crippen molar-refractivity contribution < 1.29 is 14.3 Å². The molecule has 3 aromatic rings. The average molecular weight is 395 g/mol. The SMILES string of the molecule is CCN(Cc1nc2ccccc2c(=O)[nH]1)C(=O)CCc1cc(OC)ccc1OC. The molecule has 0 unspecified atom stereocenters. The number of nitrogens with one attached hydrogen (secondary N) is 1. The fourth-order valence-corrected chi connectivity index (χ4v) is 3.24. The molecule has 1 heterocycles. The molecule has 0 saturated carbocycles. The number of hydrogen-bond donors (Lipinski definition) is 1. The number of aryl methyl sites for hydroxylation is 1. The maximum Gasteiger partial charge on any atom is 0.258 e. The van der Waals surface area contributed by atoms with Crippen molar-refractivity contribution in [2.24, 2.45) is 0 Å². The van der Waals surface area contributed by atoms with Crippen molar-refractivity contribution in [3.05, 3.63) is 64.2 Å². The number of nitrogens with zero attached hydrogens (tertiary/aromatic N) is 2. The molecule has 0 aliphatic rings. The lowest BCUT2D eigenvalue weighted by atomic mass is 10.1. The van der Waals surface area contributed by atoms with Gasteiger partial charge in [0.05, 0.1) is 31.7 Å². The van der Waals surface area contributed by atoms with Crippen molar-refractivity contribution in [2.75, 3.05) is 20.8 Å². The second kappa shape index (κ2) is 9.23. The number of benzene rings is 2. The normalized spacial score (nSPS) is 10.7. The predicted octanol–water partition coefficient (Wildman–Crippen LogP) is 2.92. The number of H-pyrrole nitrogens is 1. The molecule has 3 rings (SSSR count). The van der Waals surface area contributed by atoms with Crippen molar-refractivity contribution in [3.63, 3.8) is 0 Å². The fraction of sp³-hybridized carbons (Fsp3) is 0.318. The Bertz CT molecular complexity index is 1060. The molecule has 1 amide bonds. The van der Waals surface area contributed by atoms with E-state index in [9.17, 15) is 9.59 Å². The first-order chi connectivity index (χ1) is 14.0. The van der Waals surface area contributed by atoms with Gasteiger partial charge >= 0.3 is 0 Å². The van der Waals surface area contributed by atoms with Crippen molar-refractivity contribution >= 4 is 16.8 Å². The second-order valence-electron chi connectivity index (χ2n) is 6.62. The molecule has 0 atom stereocenters. The number of para-hydroxylation sites is 1. The van der Waals surface area contributed by atoms with Crippen LogP contribution in [0, 0.1) is 0 Å².